The van der Waals surface area contributed by atoms with E-state index in [4.69, 9.17) is 32.5 Å². The molecule has 0 aromatic heterocycles. The number of nitrogens with zero attached hydrogens (tertiary/aromatic N) is 1. The summed E-state index contributed by atoms with van der Waals surface area (Å²) in [4.78, 5) is -0.775. The van der Waals surface area contributed by atoms with Crippen molar-refractivity contribution in [1.29, 1.82) is 1.43 Å². The van der Waals surface area contributed by atoms with Gasteiger partial charge in [0.1, 0.15) is 5.75 Å². The van der Waals surface area contributed by atoms with E-state index in [9.17, 15) is 0 Å². The predicted octanol–water partition coefficient (Wildman–Crippen LogP) is 1.19. The van der Waals surface area contributed by atoms with Gasteiger partial charge in [-0.05, 0) is 38.0 Å². The van der Waals surface area contributed by atoms with Crippen molar-refractivity contribution >= 4 is 5.69 Å². The third kappa shape index (κ3) is 2.70. The van der Waals surface area contributed by atoms with Gasteiger partial charge in [0.2, 0.25) is 1.43 Å². The van der Waals surface area contributed by atoms with Gasteiger partial charge >= 0.3 is 0 Å². The van der Waals surface area contributed by atoms with E-state index in [-0.39, 0.29) is 0 Å². The first-order valence-corrected chi connectivity index (χ1v) is 4.48. The fourth-order valence-corrected chi connectivity index (χ4v) is 1.30. The molecule has 0 radical (unpaired) electrons. The Morgan fingerprint density at radius 3 is 3.53 bits per heavy atom. The molecule has 3 unspecified atom stereocenters. The van der Waals surface area contributed by atoms with Crippen LogP contribution in [-0.4, -0.2) is 38.5 Å². The minimum atomic E-state index is -4.07. The molecule has 0 amide bonds. The Morgan fingerprint density at radius 1 is 1.88 bits per heavy atom. The van der Waals surface area contributed by atoms with Crippen LogP contribution in [0.25, 0.3) is 0 Å². The molecule has 1 aromatic carbocycles. The molecule has 0 aliphatic carbocycles. The highest BCUT2D eigenvalue weighted by Crippen LogP contribution is 2.36. The number of hydrogen-bond acceptors (Lipinski definition) is 4. The summed E-state index contributed by atoms with van der Waals surface area (Å²) in [5, 5.41) is 4.19. The Morgan fingerprint density at radius 2 is 2.76 bits per heavy atom. The molecule has 94 valence electrons. The molecular weight excluding hydrogens is 216 g/mol. The molecule has 0 bridgehead atoms. The van der Waals surface area contributed by atoms with E-state index in [1.54, 1.807) is 0 Å². The van der Waals surface area contributed by atoms with Gasteiger partial charge in [0.25, 0.3) is 0 Å². The van der Waals surface area contributed by atoms with E-state index in [0.29, 0.717) is 0 Å². The zero-order chi connectivity index (χ0) is 26.1. The lowest BCUT2D eigenvalue weighted by molar-refractivity contribution is 0.150. The van der Waals surface area contributed by atoms with Crippen LogP contribution in [0.2, 0.25) is 0 Å². The highest BCUT2D eigenvalue weighted by Gasteiger charge is 2.21. The zero-order valence-corrected chi connectivity index (χ0v) is 8.50. The summed E-state index contributed by atoms with van der Waals surface area (Å²) in [6.07, 6.45) is -9.35. The van der Waals surface area contributed by atoms with E-state index in [2.05, 4.69) is 5.11 Å². The van der Waals surface area contributed by atoms with E-state index in [1.807, 2.05) is 0 Å². The van der Waals surface area contributed by atoms with E-state index < -0.39 is 85.4 Å². The van der Waals surface area contributed by atoms with Crippen LogP contribution in [0.15, 0.2) is 12.1 Å². The monoisotopic (exact) mass is 252 g/mol. The average Bonchev–Trinajstić information content (AvgIpc) is 2.90. The summed E-state index contributed by atoms with van der Waals surface area (Å²) >= 11 is 0. The lowest BCUT2D eigenvalue weighted by atomic mass is 10.0. The molecule has 0 saturated carbocycles. The second-order valence-corrected chi connectivity index (χ2v) is 3.10. The molecule has 2 rings (SSSR count). The minimum absolute atomic E-state index is 0.452. The van der Waals surface area contributed by atoms with E-state index in [1.165, 1.54) is 0 Å². The highest BCUT2D eigenvalue weighted by molar-refractivity contribution is 5.55. The van der Waals surface area contributed by atoms with Gasteiger partial charge in [0.05, 0.1) is 18.1 Å². The van der Waals surface area contributed by atoms with Crippen molar-refractivity contribution in [2.75, 3.05) is 32.8 Å². The van der Waals surface area contributed by atoms with Gasteiger partial charge in [-0.15, -0.1) is 0 Å². The standard InChI is InChI=1S/C13H20N2O2/c1-15(2)5-3-12(16)11-8-10(14)7-9-4-6-17-13(9)11/h7-8,12,16H,3-6,14H2,1-2H3/i1D3,2D3,3D2,4D,5D2,6D,7D,8D,12D,16D. The number of rotatable bonds is 5. The minimum Gasteiger partial charge on any atom is -0.493 e. The SMILES string of the molecule is [2H]OC([2H])(c1c([2H])c(N)c([2H])c2c1OC([2H])C2[2H])C([2H])([2H])C([2H])([2H])N(C([2H])([2H])[2H])C([2H])([2H])[2H]. The maximum Gasteiger partial charge on any atom is 0.211 e. The Kier molecular flexibility index (Phi) is 0.927. The first-order chi connectivity index (χ1) is 14.6. The Labute approximate surface area is 125 Å². The molecule has 4 nitrogen and oxygen atoms in total. The third-order valence-corrected chi connectivity index (χ3v) is 1.93. The molecule has 1 aliphatic heterocycles. The van der Waals surface area contributed by atoms with Gasteiger partial charge < -0.3 is 20.5 Å². The number of fused-ring (bicyclic) bond motifs is 1. The molecule has 4 heteroatoms. The summed E-state index contributed by atoms with van der Waals surface area (Å²) < 4.78 is 130. The number of anilines is 1. The van der Waals surface area contributed by atoms with Crippen LogP contribution in [0.4, 0.5) is 5.69 Å². The first kappa shape index (κ1) is 3.19. The maximum absolute atomic E-state index is 8.52. The molecule has 0 spiro atoms. The van der Waals surface area contributed by atoms with E-state index >= 15 is 0 Å². The third-order valence-electron chi connectivity index (χ3n) is 1.93. The van der Waals surface area contributed by atoms with Crippen LogP contribution >= 0.6 is 0 Å². The van der Waals surface area contributed by atoms with Crippen LogP contribution < -0.4 is 10.5 Å². The molecule has 1 heterocycles. The number of benzene rings is 1. The number of nitrogen functional groups attached to an aromatic ring is 1. The molecule has 3 N–H and O–H groups in total. The molecule has 0 saturated heterocycles. The fourth-order valence-electron chi connectivity index (χ4n) is 1.30. The summed E-state index contributed by atoms with van der Waals surface area (Å²) in [5.74, 6) is -0.768. The quantitative estimate of drug-likeness (QED) is 0.773. The molecule has 1 aromatic rings. The molecule has 3 atom stereocenters. The number of hydrogen-bond donors (Lipinski definition) is 2. The summed E-state index contributed by atoms with van der Waals surface area (Å²) in [7, 11) is 0. The van der Waals surface area contributed by atoms with Crippen LogP contribution in [0, 0.1) is 0 Å². The van der Waals surface area contributed by atoms with Gasteiger partial charge in [0, 0.05) is 39.2 Å². The molecule has 17 heavy (non-hydrogen) atoms. The molecular formula is C13H20N2O2. The lowest BCUT2D eigenvalue weighted by Crippen LogP contribution is -2.16. The number of ether oxygens (including phenoxy) is 1. The second kappa shape index (κ2) is 4.94. The van der Waals surface area contributed by atoms with Gasteiger partial charge in [-0.1, -0.05) is 0 Å². The molecule has 0 fully saturated rings. The normalized spacial score (nSPS) is 43.1. The van der Waals surface area contributed by atoms with Crippen LogP contribution in [-0.2, 0) is 6.40 Å². The van der Waals surface area contributed by atoms with Crippen molar-refractivity contribution in [3.05, 3.63) is 23.2 Å². The van der Waals surface area contributed by atoms with Crippen molar-refractivity contribution in [3.63, 3.8) is 0 Å². The second-order valence-electron chi connectivity index (χ2n) is 3.10. The number of nitrogens with two attached hydrogens (primary N) is 1. The number of aliphatic hydroxyl groups is 1. The van der Waals surface area contributed by atoms with Crippen LogP contribution in [0.5, 0.6) is 5.75 Å². The Bertz CT molecular complexity index is 917. The lowest BCUT2D eigenvalue weighted by Gasteiger charge is -2.17. The van der Waals surface area contributed by atoms with Crippen molar-refractivity contribution in [2.45, 2.75) is 18.8 Å². The summed E-state index contributed by atoms with van der Waals surface area (Å²) in [6, 6.07) is -1.67. The predicted molar refractivity (Wildman–Crippen MR) is 68.2 cm³/mol. The van der Waals surface area contributed by atoms with Crippen LogP contribution in [0.3, 0.4) is 0 Å². The maximum atomic E-state index is 8.52. The molecule has 1 aliphatic rings. The Hall–Kier alpha value is -1.26. The van der Waals surface area contributed by atoms with Gasteiger partial charge in [-0.3, -0.25) is 0 Å². The highest BCUT2D eigenvalue weighted by atomic mass is 16.5. The van der Waals surface area contributed by atoms with Crippen LogP contribution in [0.1, 0.15) is 44.1 Å². The smallest absolute Gasteiger partial charge is 0.211 e. The average molecular weight is 252 g/mol. The van der Waals surface area contributed by atoms with Crippen molar-refractivity contribution in [3.8, 4) is 5.75 Å². The summed E-state index contributed by atoms with van der Waals surface area (Å²) in [6.45, 7) is -13.3. The van der Waals surface area contributed by atoms with Gasteiger partial charge in [-0.2, -0.15) is 0 Å². The zero-order valence-electron chi connectivity index (χ0n) is 24.5. The van der Waals surface area contributed by atoms with E-state index in [0.717, 1.165) is 0 Å². The van der Waals surface area contributed by atoms with Crippen molar-refractivity contribution < 1.29 is 30.4 Å². The fraction of sp³-hybridized carbons (Fsp3) is 0.538. The topological polar surface area (TPSA) is 58.7 Å². The largest absolute Gasteiger partial charge is 0.493 e. The summed E-state index contributed by atoms with van der Waals surface area (Å²) in [5.41, 5.74) is 3.40. The van der Waals surface area contributed by atoms with Gasteiger partial charge in [-0.25, -0.2) is 0 Å². The first-order valence-electron chi connectivity index (χ1n) is 12.5. The Balaban J connectivity index is 2.92. The van der Waals surface area contributed by atoms with Gasteiger partial charge in [0.15, 0.2) is 0 Å². The van der Waals surface area contributed by atoms with Crippen molar-refractivity contribution in [1.82, 2.24) is 4.90 Å². The van der Waals surface area contributed by atoms with Crippen molar-refractivity contribution in [2.24, 2.45) is 0 Å².